The lowest BCUT2D eigenvalue weighted by Gasteiger charge is -2.13. The lowest BCUT2D eigenvalue weighted by Crippen LogP contribution is -2.18. The number of amides is 1. The molecule has 3 rings (SSSR count). The Morgan fingerprint density at radius 2 is 2.12 bits per heavy atom. The first kappa shape index (κ1) is 17.5. The van der Waals surface area contributed by atoms with Crippen molar-refractivity contribution in [1.82, 2.24) is 4.98 Å². The monoisotopic (exact) mass is 372 g/mol. The van der Waals surface area contributed by atoms with Gasteiger partial charge in [-0.05, 0) is 18.2 Å². The van der Waals surface area contributed by atoms with Gasteiger partial charge in [0.15, 0.2) is 17.5 Å². The lowest BCUT2D eigenvalue weighted by atomic mass is 10.2. The van der Waals surface area contributed by atoms with E-state index >= 15 is 0 Å². The van der Waals surface area contributed by atoms with Gasteiger partial charge in [0.25, 0.3) is 5.91 Å². The molecule has 1 aromatic heterocycles. The van der Waals surface area contributed by atoms with Crippen LogP contribution in [0.5, 0.6) is 5.88 Å². The summed E-state index contributed by atoms with van der Waals surface area (Å²) in [6, 6.07) is 2.91. The first-order chi connectivity index (χ1) is 12.0. The number of aromatic nitrogens is 1. The van der Waals surface area contributed by atoms with Crippen molar-refractivity contribution in [3.05, 3.63) is 52.4 Å². The molecular formula is C16H12ClF3N2O3. The molecule has 1 aliphatic rings. The van der Waals surface area contributed by atoms with Crippen molar-refractivity contribution in [2.75, 3.05) is 18.5 Å². The van der Waals surface area contributed by atoms with Crippen LogP contribution in [0.1, 0.15) is 16.8 Å². The van der Waals surface area contributed by atoms with Gasteiger partial charge in [0.05, 0.1) is 24.5 Å². The van der Waals surface area contributed by atoms with Crippen molar-refractivity contribution in [2.45, 2.75) is 12.5 Å². The number of nitrogens with one attached hydrogen (secondary N) is 1. The summed E-state index contributed by atoms with van der Waals surface area (Å²) in [6.45, 7) is 1.01. The lowest BCUT2D eigenvalue weighted by molar-refractivity contribution is 0.102. The fraction of sp³-hybridized carbons (Fsp3) is 0.250. The van der Waals surface area contributed by atoms with Crippen LogP contribution in [-0.2, 0) is 4.74 Å². The van der Waals surface area contributed by atoms with Gasteiger partial charge in [-0.2, -0.15) is 0 Å². The Balaban J connectivity index is 1.74. The molecule has 1 aliphatic heterocycles. The standard InChI is InChI=1S/C16H12ClF3N2O3/c17-10-5-8(6-21-16(10)25-9-3-4-24-7-9)15(23)22-12-2-1-11(18)13(19)14(12)20/h1-2,5-6,9H,3-4,7H2,(H,22,23). The van der Waals surface area contributed by atoms with E-state index in [0.717, 1.165) is 6.07 Å². The number of benzene rings is 1. The van der Waals surface area contributed by atoms with E-state index in [-0.39, 0.29) is 22.6 Å². The summed E-state index contributed by atoms with van der Waals surface area (Å²) in [4.78, 5) is 16.1. The van der Waals surface area contributed by atoms with Gasteiger partial charge in [0.2, 0.25) is 5.88 Å². The third-order valence-corrected chi connectivity index (χ3v) is 3.79. The zero-order valence-corrected chi connectivity index (χ0v) is 13.4. The van der Waals surface area contributed by atoms with Gasteiger partial charge in [-0.3, -0.25) is 4.79 Å². The molecule has 25 heavy (non-hydrogen) atoms. The predicted octanol–water partition coefficient (Wildman–Crippen LogP) is 3.57. The van der Waals surface area contributed by atoms with Crippen LogP contribution in [-0.4, -0.2) is 30.2 Å². The fourth-order valence-corrected chi connectivity index (χ4v) is 2.43. The number of anilines is 1. The average Bonchev–Trinajstić information content (AvgIpc) is 3.10. The molecule has 0 radical (unpaired) electrons. The molecule has 0 saturated carbocycles. The summed E-state index contributed by atoms with van der Waals surface area (Å²) in [5, 5.41) is 2.22. The third-order valence-electron chi connectivity index (χ3n) is 3.52. The highest BCUT2D eigenvalue weighted by Crippen LogP contribution is 2.26. The van der Waals surface area contributed by atoms with Crippen LogP contribution in [0.25, 0.3) is 0 Å². The van der Waals surface area contributed by atoms with Crippen LogP contribution in [0.4, 0.5) is 18.9 Å². The Morgan fingerprint density at radius 1 is 1.32 bits per heavy atom. The Kier molecular flexibility index (Phi) is 5.10. The highest BCUT2D eigenvalue weighted by atomic mass is 35.5. The van der Waals surface area contributed by atoms with Gasteiger partial charge in [-0.1, -0.05) is 11.6 Å². The summed E-state index contributed by atoms with van der Waals surface area (Å²) in [7, 11) is 0. The number of carbonyl (C=O) groups is 1. The van der Waals surface area contributed by atoms with Gasteiger partial charge in [-0.25, -0.2) is 18.2 Å². The molecule has 0 aliphatic carbocycles. The average molecular weight is 373 g/mol. The summed E-state index contributed by atoms with van der Waals surface area (Å²) in [6.07, 6.45) is 1.72. The largest absolute Gasteiger partial charge is 0.471 e. The second-order valence-electron chi connectivity index (χ2n) is 5.29. The molecule has 0 spiro atoms. The highest BCUT2D eigenvalue weighted by Gasteiger charge is 2.21. The summed E-state index contributed by atoms with van der Waals surface area (Å²) < 4.78 is 50.4. The van der Waals surface area contributed by atoms with E-state index in [1.165, 1.54) is 12.3 Å². The molecule has 5 nitrogen and oxygen atoms in total. The van der Waals surface area contributed by atoms with Crippen LogP contribution in [0.3, 0.4) is 0 Å². The molecule has 1 atom stereocenters. The molecule has 1 aromatic carbocycles. The molecule has 1 amide bonds. The maximum atomic E-state index is 13.6. The van der Waals surface area contributed by atoms with E-state index in [0.29, 0.717) is 25.7 Å². The number of ether oxygens (including phenoxy) is 2. The molecule has 2 aromatic rings. The Bertz CT molecular complexity index is 813. The summed E-state index contributed by atoms with van der Waals surface area (Å²) in [5.41, 5.74) is -0.493. The topological polar surface area (TPSA) is 60.5 Å². The van der Waals surface area contributed by atoms with E-state index in [1.54, 1.807) is 0 Å². The second kappa shape index (κ2) is 7.28. The van der Waals surface area contributed by atoms with Crippen LogP contribution in [0.2, 0.25) is 5.02 Å². The van der Waals surface area contributed by atoms with Gasteiger partial charge in [0, 0.05) is 12.6 Å². The number of carbonyl (C=O) groups excluding carboxylic acids is 1. The van der Waals surface area contributed by atoms with E-state index in [4.69, 9.17) is 21.1 Å². The zero-order chi connectivity index (χ0) is 18.0. The Labute approximate surface area is 145 Å². The fourth-order valence-electron chi connectivity index (χ4n) is 2.22. The number of pyridine rings is 1. The molecule has 9 heteroatoms. The van der Waals surface area contributed by atoms with Gasteiger partial charge in [-0.15, -0.1) is 0 Å². The molecule has 1 unspecified atom stereocenters. The highest BCUT2D eigenvalue weighted by molar-refractivity contribution is 6.32. The van der Waals surface area contributed by atoms with Crippen LogP contribution in [0.15, 0.2) is 24.4 Å². The van der Waals surface area contributed by atoms with E-state index < -0.39 is 29.0 Å². The van der Waals surface area contributed by atoms with Crippen LogP contribution in [0, 0.1) is 17.5 Å². The van der Waals surface area contributed by atoms with Crippen molar-refractivity contribution in [2.24, 2.45) is 0 Å². The van der Waals surface area contributed by atoms with Crippen molar-refractivity contribution in [3.8, 4) is 5.88 Å². The minimum atomic E-state index is -1.67. The van der Waals surface area contributed by atoms with Gasteiger partial charge < -0.3 is 14.8 Å². The molecule has 1 N–H and O–H groups in total. The number of rotatable bonds is 4. The quantitative estimate of drug-likeness (QED) is 0.833. The third kappa shape index (κ3) is 3.85. The maximum Gasteiger partial charge on any atom is 0.257 e. The van der Waals surface area contributed by atoms with Crippen molar-refractivity contribution in [3.63, 3.8) is 0 Å². The van der Waals surface area contributed by atoms with Crippen LogP contribution >= 0.6 is 11.6 Å². The zero-order valence-electron chi connectivity index (χ0n) is 12.7. The van der Waals surface area contributed by atoms with Crippen LogP contribution < -0.4 is 10.1 Å². The minimum absolute atomic E-state index is 0.00385. The minimum Gasteiger partial charge on any atom is -0.471 e. The molecule has 132 valence electrons. The van der Waals surface area contributed by atoms with Crippen molar-refractivity contribution in [1.29, 1.82) is 0 Å². The molecule has 1 fully saturated rings. The summed E-state index contributed by atoms with van der Waals surface area (Å²) >= 11 is 6.04. The first-order valence-electron chi connectivity index (χ1n) is 7.30. The normalized spacial score (nSPS) is 16.7. The Hall–Kier alpha value is -2.32. The Morgan fingerprint density at radius 3 is 2.80 bits per heavy atom. The number of halogens is 4. The maximum absolute atomic E-state index is 13.6. The molecule has 1 saturated heterocycles. The van der Waals surface area contributed by atoms with Gasteiger partial charge in [0.1, 0.15) is 11.1 Å². The number of nitrogens with zero attached hydrogens (tertiary/aromatic N) is 1. The SMILES string of the molecule is O=C(Nc1ccc(F)c(F)c1F)c1cnc(OC2CCOC2)c(Cl)c1. The first-order valence-corrected chi connectivity index (χ1v) is 7.68. The van der Waals surface area contributed by atoms with Gasteiger partial charge >= 0.3 is 0 Å². The number of hydrogen-bond acceptors (Lipinski definition) is 4. The van der Waals surface area contributed by atoms with E-state index in [2.05, 4.69) is 10.3 Å². The molecule has 0 bridgehead atoms. The smallest absolute Gasteiger partial charge is 0.257 e. The van der Waals surface area contributed by atoms with E-state index in [9.17, 15) is 18.0 Å². The molecule has 2 heterocycles. The van der Waals surface area contributed by atoms with Crippen molar-refractivity contribution >= 4 is 23.2 Å². The molecular weight excluding hydrogens is 361 g/mol. The van der Waals surface area contributed by atoms with E-state index in [1.807, 2.05) is 0 Å². The predicted molar refractivity (Wildman–Crippen MR) is 83.4 cm³/mol. The second-order valence-corrected chi connectivity index (χ2v) is 5.70. The van der Waals surface area contributed by atoms with Crippen molar-refractivity contribution < 1.29 is 27.4 Å². The summed E-state index contributed by atoms with van der Waals surface area (Å²) in [5.74, 6) is -5.15. The number of hydrogen-bond donors (Lipinski definition) is 1.